The molecule has 198 valence electrons. The van der Waals surface area contributed by atoms with Crippen LogP contribution in [-0.2, 0) is 24.0 Å². The maximum atomic E-state index is 13.1. The third kappa shape index (κ3) is 11.0. The average Bonchev–Trinajstić information content (AvgIpc) is 3.30. The van der Waals surface area contributed by atoms with Crippen LogP contribution in [0.2, 0.25) is 0 Å². The number of aliphatic imine (C=N–C) groups is 1. The molecule has 11 N–H and O–H groups in total. The number of hydrogen-bond donors (Lipinski definition) is 8. The van der Waals surface area contributed by atoms with E-state index in [9.17, 15) is 29.1 Å². The predicted octanol–water partition coefficient (Wildman–Crippen LogP) is -2.75. The summed E-state index contributed by atoms with van der Waals surface area (Å²) in [6, 6.07) is -3.80. The van der Waals surface area contributed by atoms with Crippen LogP contribution in [0, 0.1) is 5.92 Å². The van der Waals surface area contributed by atoms with Crippen molar-refractivity contribution in [2.24, 2.45) is 28.1 Å². The largest absolute Gasteiger partial charge is 0.480 e. The van der Waals surface area contributed by atoms with Crippen molar-refractivity contribution in [3.05, 3.63) is 0 Å². The van der Waals surface area contributed by atoms with Crippen molar-refractivity contribution >= 4 is 35.6 Å². The first-order valence-electron chi connectivity index (χ1n) is 11.6. The zero-order valence-corrected chi connectivity index (χ0v) is 20.2. The van der Waals surface area contributed by atoms with Gasteiger partial charge in [0.1, 0.15) is 18.1 Å². The summed E-state index contributed by atoms with van der Waals surface area (Å²) in [5.41, 5.74) is 15.7. The Hall–Kier alpha value is -3.42. The standard InChI is InChI=1S/C21H38N8O6/c1-11(2)16(29-17(31)12-5-3-9-25-12)19(33)27-13(6-4-10-26-21(23)24)18(32)28-14(20(34)35)7-8-15(22)30/h11-14,16,25H,3-10H2,1-2H3,(H2,22,30)(H,27,33)(H,28,32)(H,29,31)(H,34,35)(H4,23,24,26). The molecule has 0 bridgehead atoms. The normalized spacial score (nSPS) is 17.6. The van der Waals surface area contributed by atoms with Crippen LogP contribution < -0.4 is 38.5 Å². The fourth-order valence-electron chi connectivity index (χ4n) is 3.55. The molecule has 0 aromatic heterocycles. The molecule has 1 saturated heterocycles. The predicted molar refractivity (Wildman–Crippen MR) is 128 cm³/mol. The van der Waals surface area contributed by atoms with Crippen LogP contribution in [0.25, 0.3) is 0 Å². The highest BCUT2D eigenvalue weighted by atomic mass is 16.4. The van der Waals surface area contributed by atoms with Crippen LogP contribution in [0.15, 0.2) is 4.99 Å². The molecule has 0 aromatic carbocycles. The molecule has 1 aliphatic heterocycles. The first-order chi connectivity index (χ1) is 16.4. The molecule has 1 aliphatic rings. The summed E-state index contributed by atoms with van der Waals surface area (Å²) in [5, 5.41) is 20.1. The van der Waals surface area contributed by atoms with Gasteiger partial charge in [-0.3, -0.25) is 24.2 Å². The van der Waals surface area contributed by atoms with Crippen LogP contribution in [0.1, 0.15) is 52.4 Å². The molecule has 4 unspecified atom stereocenters. The number of aliphatic carboxylic acids is 1. The first kappa shape index (κ1) is 29.6. The summed E-state index contributed by atoms with van der Waals surface area (Å²) in [4.78, 5) is 64.9. The molecule has 35 heavy (non-hydrogen) atoms. The van der Waals surface area contributed by atoms with Crippen LogP contribution >= 0.6 is 0 Å². The van der Waals surface area contributed by atoms with E-state index in [0.717, 1.165) is 13.0 Å². The molecular weight excluding hydrogens is 460 g/mol. The van der Waals surface area contributed by atoms with E-state index in [0.29, 0.717) is 12.8 Å². The number of primary amides is 1. The SMILES string of the molecule is CC(C)C(NC(=O)C1CCCN1)C(=O)NC(CCCN=C(N)N)C(=O)NC(CCC(N)=O)C(=O)O. The van der Waals surface area contributed by atoms with Crippen LogP contribution in [-0.4, -0.2) is 77.9 Å². The number of carboxylic acids is 1. The number of nitrogens with zero attached hydrogens (tertiary/aromatic N) is 1. The lowest BCUT2D eigenvalue weighted by atomic mass is 10.0. The number of carbonyl (C=O) groups is 5. The molecule has 14 heteroatoms. The number of nitrogens with two attached hydrogens (primary N) is 3. The Labute approximate surface area is 204 Å². The Morgan fingerprint density at radius 1 is 1.00 bits per heavy atom. The molecule has 14 nitrogen and oxygen atoms in total. The Morgan fingerprint density at radius 3 is 2.17 bits per heavy atom. The van der Waals surface area contributed by atoms with E-state index in [1.165, 1.54) is 0 Å². The Balaban J connectivity index is 2.94. The quantitative estimate of drug-likeness (QED) is 0.0661. The van der Waals surface area contributed by atoms with E-state index in [-0.39, 0.29) is 49.6 Å². The number of amides is 4. The number of rotatable bonds is 15. The molecule has 0 radical (unpaired) electrons. The van der Waals surface area contributed by atoms with Gasteiger partial charge in [-0.25, -0.2) is 4.79 Å². The van der Waals surface area contributed by atoms with Crippen molar-refractivity contribution in [3.63, 3.8) is 0 Å². The van der Waals surface area contributed by atoms with Gasteiger partial charge in [0, 0.05) is 13.0 Å². The Bertz CT molecular complexity index is 793. The van der Waals surface area contributed by atoms with Crippen molar-refractivity contribution in [1.82, 2.24) is 21.3 Å². The van der Waals surface area contributed by atoms with Gasteiger partial charge < -0.3 is 43.6 Å². The van der Waals surface area contributed by atoms with E-state index in [1.807, 2.05) is 0 Å². The number of hydrogen-bond acceptors (Lipinski definition) is 7. The van der Waals surface area contributed by atoms with Crippen LogP contribution in [0.5, 0.6) is 0 Å². The Morgan fingerprint density at radius 2 is 1.66 bits per heavy atom. The van der Waals surface area contributed by atoms with E-state index >= 15 is 0 Å². The summed E-state index contributed by atoms with van der Waals surface area (Å²) in [6.07, 6.45) is 1.48. The maximum absolute atomic E-state index is 13.1. The average molecular weight is 499 g/mol. The van der Waals surface area contributed by atoms with Gasteiger partial charge in [-0.1, -0.05) is 13.8 Å². The topological polar surface area (TPSA) is 244 Å². The van der Waals surface area contributed by atoms with Crippen LogP contribution in [0.3, 0.4) is 0 Å². The molecule has 1 heterocycles. The minimum atomic E-state index is -1.37. The molecule has 4 atom stereocenters. The second-order valence-corrected chi connectivity index (χ2v) is 8.79. The maximum Gasteiger partial charge on any atom is 0.326 e. The minimum absolute atomic E-state index is 0.0967. The van der Waals surface area contributed by atoms with E-state index in [4.69, 9.17) is 17.2 Å². The van der Waals surface area contributed by atoms with Crippen LogP contribution in [0.4, 0.5) is 0 Å². The highest BCUT2D eigenvalue weighted by molar-refractivity contribution is 5.94. The minimum Gasteiger partial charge on any atom is -0.480 e. The molecule has 1 fully saturated rings. The smallest absolute Gasteiger partial charge is 0.326 e. The highest BCUT2D eigenvalue weighted by Gasteiger charge is 2.32. The van der Waals surface area contributed by atoms with Crippen molar-refractivity contribution < 1.29 is 29.1 Å². The summed E-state index contributed by atoms with van der Waals surface area (Å²) in [5.74, 6) is -4.11. The lowest BCUT2D eigenvalue weighted by Gasteiger charge is -2.27. The van der Waals surface area contributed by atoms with E-state index < -0.39 is 41.8 Å². The van der Waals surface area contributed by atoms with Gasteiger partial charge >= 0.3 is 5.97 Å². The first-order valence-corrected chi connectivity index (χ1v) is 11.6. The number of guanidine groups is 1. The summed E-state index contributed by atoms with van der Waals surface area (Å²) in [6.45, 7) is 4.41. The summed E-state index contributed by atoms with van der Waals surface area (Å²) < 4.78 is 0. The fraction of sp³-hybridized carbons (Fsp3) is 0.714. The monoisotopic (exact) mass is 498 g/mol. The van der Waals surface area contributed by atoms with E-state index in [2.05, 4.69) is 26.3 Å². The van der Waals surface area contributed by atoms with Gasteiger partial charge in [-0.2, -0.15) is 0 Å². The van der Waals surface area contributed by atoms with Gasteiger partial charge in [0.25, 0.3) is 0 Å². The van der Waals surface area contributed by atoms with E-state index in [1.54, 1.807) is 13.8 Å². The highest BCUT2D eigenvalue weighted by Crippen LogP contribution is 2.09. The van der Waals surface area contributed by atoms with Crippen molar-refractivity contribution in [1.29, 1.82) is 0 Å². The Kier molecular flexibility index (Phi) is 12.5. The molecular formula is C21H38N8O6. The lowest BCUT2D eigenvalue weighted by Crippen LogP contribution is -2.58. The summed E-state index contributed by atoms with van der Waals surface area (Å²) in [7, 11) is 0. The second-order valence-electron chi connectivity index (χ2n) is 8.79. The van der Waals surface area contributed by atoms with Crippen molar-refractivity contribution in [3.8, 4) is 0 Å². The van der Waals surface area contributed by atoms with Gasteiger partial charge in [0.15, 0.2) is 5.96 Å². The zero-order chi connectivity index (χ0) is 26.5. The molecule has 1 rings (SSSR count). The molecule has 0 spiro atoms. The third-order valence-corrected chi connectivity index (χ3v) is 5.50. The molecule has 0 saturated carbocycles. The summed E-state index contributed by atoms with van der Waals surface area (Å²) >= 11 is 0. The second kappa shape index (κ2) is 14.8. The number of carbonyl (C=O) groups excluding carboxylic acids is 4. The molecule has 0 aliphatic carbocycles. The molecule has 4 amide bonds. The van der Waals surface area contributed by atoms with Gasteiger partial charge in [0.2, 0.25) is 23.6 Å². The number of carboxylic acid groups (broad SMARTS) is 1. The van der Waals surface area contributed by atoms with Gasteiger partial charge in [-0.05, 0) is 44.6 Å². The fourth-order valence-corrected chi connectivity index (χ4v) is 3.55. The van der Waals surface area contributed by atoms with Crippen molar-refractivity contribution in [2.75, 3.05) is 13.1 Å². The van der Waals surface area contributed by atoms with Gasteiger partial charge in [0.05, 0.1) is 6.04 Å². The molecule has 0 aromatic rings. The zero-order valence-electron chi connectivity index (χ0n) is 20.2. The third-order valence-electron chi connectivity index (χ3n) is 5.50. The van der Waals surface area contributed by atoms with Crippen molar-refractivity contribution in [2.45, 2.75) is 76.5 Å². The lowest BCUT2D eigenvalue weighted by molar-refractivity contribution is -0.142. The number of nitrogens with one attached hydrogen (secondary N) is 4. The van der Waals surface area contributed by atoms with Gasteiger partial charge in [-0.15, -0.1) is 0 Å².